The number of nitrogens with one attached hydrogen (secondary N) is 1. The van der Waals surface area contributed by atoms with Crippen molar-refractivity contribution in [3.8, 4) is 11.6 Å². The van der Waals surface area contributed by atoms with Gasteiger partial charge in [-0.15, -0.1) is 10.2 Å². The number of halogens is 1. The molecule has 7 heteroatoms. The number of amides is 1. The molecule has 2 aromatic carbocycles. The van der Waals surface area contributed by atoms with Gasteiger partial charge in [0.05, 0.1) is 5.52 Å². The summed E-state index contributed by atoms with van der Waals surface area (Å²) in [7, 11) is 0. The van der Waals surface area contributed by atoms with E-state index in [1.807, 2.05) is 30.3 Å². The van der Waals surface area contributed by atoms with E-state index in [-0.39, 0.29) is 18.2 Å². The number of aromatic nitrogens is 1. The molecule has 1 amide bonds. The maximum atomic E-state index is 12.0. The highest BCUT2D eigenvalue weighted by Gasteiger charge is 2.11. The predicted octanol–water partition coefficient (Wildman–Crippen LogP) is 5.84. The summed E-state index contributed by atoms with van der Waals surface area (Å²) in [4.78, 5) is 14.8. The third kappa shape index (κ3) is 4.54. The topological polar surface area (TPSA) is 87.0 Å². The average molecular weight is 430 g/mol. The molecule has 0 bridgehead atoms. The summed E-state index contributed by atoms with van der Waals surface area (Å²) in [5, 5.41) is 18.2. The molecule has 27 heavy (non-hydrogen) atoms. The number of aromatic hydroxyl groups is 1. The van der Waals surface area contributed by atoms with Gasteiger partial charge in [0, 0.05) is 9.86 Å². The van der Waals surface area contributed by atoms with Crippen LogP contribution in [0.1, 0.15) is 31.7 Å². The fourth-order valence-corrected chi connectivity index (χ4v) is 3.01. The van der Waals surface area contributed by atoms with E-state index < -0.39 is 5.91 Å². The zero-order valence-electron chi connectivity index (χ0n) is 15.1. The lowest BCUT2D eigenvalue weighted by molar-refractivity contribution is -0.120. The van der Waals surface area contributed by atoms with Gasteiger partial charge in [-0.2, -0.15) is 0 Å². The second kappa shape index (κ2) is 8.35. The molecule has 0 saturated carbocycles. The van der Waals surface area contributed by atoms with Crippen molar-refractivity contribution in [2.45, 2.75) is 26.2 Å². The maximum absolute atomic E-state index is 12.0. The predicted molar refractivity (Wildman–Crippen MR) is 108 cm³/mol. The number of ether oxygens (including phenoxy) is 1. The molecule has 3 rings (SSSR count). The van der Waals surface area contributed by atoms with Crippen molar-refractivity contribution in [3.63, 3.8) is 0 Å². The Morgan fingerprint density at radius 3 is 2.70 bits per heavy atom. The standard InChI is InChI=1S/C20H20BrN3O3/c1-3-12(2)13-4-7-15(8-5-13)27-11-18(25)23-24-19-16-10-14(21)6-9-17(16)22-20(19)26/h4-10,12,22,26H,3,11H2,1-2H3. The van der Waals surface area contributed by atoms with Crippen LogP contribution in [0.3, 0.4) is 0 Å². The molecule has 0 saturated heterocycles. The maximum Gasteiger partial charge on any atom is 0.302 e. The number of carbonyl (C=O) groups is 1. The Labute approximate surface area is 165 Å². The van der Waals surface area contributed by atoms with Gasteiger partial charge >= 0.3 is 5.91 Å². The number of hydrogen-bond donors (Lipinski definition) is 2. The van der Waals surface area contributed by atoms with Crippen LogP contribution in [0.15, 0.2) is 57.2 Å². The van der Waals surface area contributed by atoms with Gasteiger partial charge in [-0.1, -0.05) is 41.9 Å². The van der Waals surface area contributed by atoms with Gasteiger partial charge in [0.1, 0.15) is 5.75 Å². The van der Waals surface area contributed by atoms with Crippen LogP contribution in [-0.4, -0.2) is 22.6 Å². The lowest BCUT2D eigenvalue weighted by Gasteiger charge is -2.09. The van der Waals surface area contributed by atoms with E-state index in [2.05, 4.69) is 45.0 Å². The van der Waals surface area contributed by atoms with Crippen molar-refractivity contribution in [3.05, 3.63) is 52.5 Å². The third-order valence-corrected chi connectivity index (χ3v) is 4.89. The highest BCUT2D eigenvalue weighted by Crippen LogP contribution is 2.36. The van der Waals surface area contributed by atoms with Crippen LogP contribution in [0.25, 0.3) is 10.9 Å². The van der Waals surface area contributed by atoms with Crippen molar-refractivity contribution in [1.82, 2.24) is 4.98 Å². The fourth-order valence-electron chi connectivity index (χ4n) is 2.64. The Kier molecular flexibility index (Phi) is 5.91. The zero-order valence-corrected chi connectivity index (χ0v) is 16.7. The summed E-state index contributed by atoms with van der Waals surface area (Å²) in [5.41, 5.74) is 2.16. The highest BCUT2D eigenvalue weighted by molar-refractivity contribution is 9.10. The molecular formula is C20H20BrN3O3. The number of fused-ring (bicyclic) bond motifs is 1. The van der Waals surface area contributed by atoms with Crippen LogP contribution in [0, 0.1) is 0 Å². The number of benzene rings is 2. The Balaban J connectivity index is 1.64. The van der Waals surface area contributed by atoms with Crippen LogP contribution >= 0.6 is 15.9 Å². The lowest BCUT2D eigenvalue weighted by Crippen LogP contribution is -2.07. The van der Waals surface area contributed by atoms with E-state index in [4.69, 9.17) is 4.74 Å². The summed E-state index contributed by atoms with van der Waals surface area (Å²) in [6.45, 7) is 4.08. The van der Waals surface area contributed by atoms with Gasteiger partial charge in [-0.05, 0) is 48.2 Å². The molecule has 0 aliphatic carbocycles. The first-order chi connectivity index (χ1) is 13.0. The van der Waals surface area contributed by atoms with E-state index in [9.17, 15) is 9.90 Å². The monoisotopic (exact) mass is 429 g/mol. The van der Waals surface area contributed by atoms with Gasteiger partial charge in [0.25, 0.3) is 0 Å². The zero-order chi connectivity index (χ0) is 19.4. The summed E-state index contributed by atoms with van der Waals surface area (Å²) in [5.74, 6) is 0.411. The molecule has 0 spiro atoms. The van der Waals surface area contributed by atoms with Crippen molar-refractivity contribution < 1.29 is 14.6 Å². The molecule has 6 nitrogen and oxygen atoms in total. The minimum atomic E-state index is -0.537. The molecule has 140 valence electrons. The first kappa shape index (κ1) is 19.1. The van der Waals surface area contributed by atoms with Crippen molar-refractivity contribution in [2.75, 3.05) is 6.61 Å². The molecule has 0 aliphatic heterocycles. The molecule has 1 atom stereocenters. The summed E-state index contributed by atoms with van der Waals surface area (Å²) in [6, 6.07) is 13.1. The Morgan fingerprint density at radius 1 is 1.26 bits per heavy atom. The molecule has 0 aliphatic rings. The SMILES string of the molecule is CCC(C)c1ccc(OCC(=O)N=Nc2c(O)[nH]c3ccc(Br)cc23)cc1. The molecule has 2 N–H and O–H groups in total. The number of azo groups is 1. The number of carbonyl (C=O) groups excluding carboxylic acids is 1. The van der Waals surface area contributed by atoms with E-state index in [0.717, 1.165) is 10.9 Å². The Hall–Kier alpha value is -2.67. The van der Waals surface area contributed by atoms with E-state index >= 15 is 0 Å². The quantitative estimate of drug-likeness (QED) is 0.482. The molecule has 1 aromatic heterocycles. The van der Waals surface area contributed by atoms with Crippen molar-refractivity contribution >= 4 is 38.4 Å². The van der Waals surface area contributed by atoms with Gasteiger partial charge in [0.15, 0.2) is 12.3 Å². The lowest BCUT2D eigenvalue weighted by atomic mass is 9.99. The third-order valence-electron chi connectivity index (χ3n) is 4.40. The molecular weight excluding hydrogens is 410 g/mol. The normalized spacial score (nSPS) is 12.6. The van der Waals surface area contributed by atoms with Crippen molar-refractivity contribution in [1.29, 1.82) is 0 Å². The van der Waals surface area contributed by atoms with Crippen LogP contribution in [0.2, 0.25) is 0 Å². The van der Waals surface area contributed by atoms with Crippen LogP contribution < -0.4 is 4.74 Å². The summed E-state index contributed by atoms with van der Waals surface area (Å²) in [6.07, 6.45) is 1.07. The summed E-state index contributed by atoms with van der Waals surface area (Å²) >= 11 is 3.37. The molecule has 0 radical (unpaired) electrons. The fraction of sp³-hybridized carbons (Fsp3) is 0.250. The summed E-state index contributed by atoms with van der Waals surface area (Å²) < 4.78 is 6.30. The molecule has 1 unspecified atom stereocenters. The van der Waals surface area contributed by atoms with E-state index in [1.54, 1.807) is 12.1 Å². The van der Waals surface area contributed by atoms with Gasteiger partial charge in [-0.25, -0.2) is 0 Å². The first-order valence-corrected chi connectivity index (χ1v) is 9.44. The van der Waals surface area contributed by atoms with Crippen LogP contribution in [0.5, 0.6) is 11.6 Å². The number of nitrogens with zero attached hydrogens (tertiary/aromatic N) is 2. The number of hydrogen-bond acceptors (Lipinski definition) is 4. The minimum Gasteiger partial charge on any atom is -0.493 e. The van der Waals surface area contributed by atoms with E-state index in [1.165, 1.54) is 5.56 Å². The van der Waals surface area contributed by atoms with Gasteiger partial charge in [-0.3, -0.25) is 4.79 Å². The number of rotatable bonds is 6. The smallest absolute Gasteiger partial charge is 0.302 e. The minimum absolute atomic E-state index is 0.138. The molecule has 0 fully saturated rings. The Bertz CT molecular complexity index is 980. The Morgan fingerprint density at radius 2 is 2.00 bits per heavy atom. The van der Waals surface area contributed by atoms with Crippen LogP contribution in [-0.2, 0) is 4.79 Å². The largest absolute Gasteiger partial charge is 0.493 e. The first-order valence-electron chi connectivity index (χ1n) is 8.65. The van der Waals surface area contributed by atoms with Gasteiger partial charge < -0.3 is 14.8 Å². The average Bonchev–Trinajstić information content (AvgIpc) is 2.98. The van der Waals surface area contributed by atoms with Crippen LogP contribution in [0.4, 0.5) is 5.69 Å². The van der Waals surface area contributed by atoms with Gasteiger partial charge in [0.2, 0.25) is 5.88 Å². The molecule has 3 aromatic rings. The second-order valence-corrected chi connectivity index (χ2v) is 7.19. The highest BCUT2D eigenvalue weighted by atomic mass is 79.9. The number of H-pyrrole nitrogens is 1. The second-order valence-electron chi connectivity index (χ2n) is 6.27. The molecule has 1 heterocycles. The number of aromatic amines is 1. The van der Waals surface area contributed by atoms with E-state index in [0.29, 0.717) is 22.6 Å². The van der Waals surface area contributed by atoms with Crippen molar-refractivity contribution in [2.24, 2.45) is 10.2 Å².